The van der Waals surface area contributed by atoms with Gasteiger partial charge in [-0.1, -0.05) is 18.2 Å². The molecule has 2 rings (SSSR count). The molecule has 0 atom stereocenters. The molecule has 7 nitrogen and oxygen atoms in total. The van der Waals surface area contributed by atoms with Crippen LogP contribution in [0.4, 0.5) is 5.69 Å². The quantitative estimate of drug-likeness (QED) is 0.756. The number of pyridine rings is 1. The molecule has 2 N–H and O–H groups in total. The Hall–Kier alpha value is -2.93. The SMILES string of the molecule is CCOc1ccccc1NC(=O)c1cccc(C(=O)NCCN(C)C)n1. The minimum atomic E-state index is -0.403. The molecule has 2 amide bonds. The Bertz CT molecular complexity index is 762. The van der Waals surface area contributed by atoms with E-state index in [4.69, 9.17) is 4.74 Å². The molecule has 138 valence electrons. The van der Waals surface area contributed by atoms with Gasteiger partial charge in [0.15, 0.2) is 0 Å². The Labute approximate surface area is 153 Å². The van der Waals surface area contributed by atoms with E-state index in [2.05, 4.69) is 15.6 Å². The van der Waals surface area contributed by atoms with Crippen LogP contribution in [-0.2, 0) is 0 Å². The lowest BCUT2D eigenvalue weighted by atomic mass is 10.2. The maximum Gasteiger partial charge on any atom is 0.274 e. The summed E-state index contributed by atoms with van der Waals surface area (Å²) in [6, 6.07) is 11.9. The molecule has 0 aliphatic rings. The second-order valence-corrected chi connectivity index (χ2v) is 5.85. The number of carbonyl (C=O) groups excluding carboxylic acids is 2. The maximum atomic E-state index is 12.5. The van der Waals surface area contributed by atoms with Gasteiger partial charge in [-0.3, -0.25) is 9.59 Å². The molecular weight excluding hydrogens is 332 g/mol. The average molecular weight is 356 g/mol. The molecule has 0 bridgehead atoms. The summed E-state index contributed by atoms with van der Waals surface area (Å²) < 4.78 is 5.50. The van der Waals surface area contributed by atoms with E-state index in [9.17, 15) is 9.59 Å². The van der Waals surface area contributed by atoms with E-state index in [-0.39, 0.29) is 17.3 Å². The van der Waals surface area contributed by atoms with Gasteiger partial charge in [0.05, 0.1) is 12.3 Å². The van der Waals surface area contributed by atoms with Crippen LogP contribution < -0.4 is 15.4 Å². The molecule has 0 radical (unpaired) electrons. The number of para-hydroxylation sites is 2. The number of nitrogens with one attached hydrogen (secondary N) is 2. The Kier molecular flexibility index (Phi) is 7.11. The highest BCUT2D eigenvalue weighted by molar-refractivity contribution is 6.04. The van der Waals surface area contributed by atoms with Crippen LogP contribution in [0.1, 0.15) is 27.9 Å². The van der Waals surface area contributed by atoms with Crippen LogP contribution in [0.25, 0.3) is 0 Å². The fraction of sp³-hybridized carbons (Fsp3) is 0.316. The highest BCUT2D eigenvalue weighted by Gasteiger charge is 2.14. The number of rotatable bonds is 8. The summed E-state index contributed by atoms with van der Waals surface area (Å²) in [7, 11) is 3.85. The van der Waals surface area contributed by atoms with Crippen LogP contribution in [0.15, 0.2) is 42.5 Å². The number of likely N-dealkylation sites (N-methyl/N-ethyl adjacent to an activating group) is 1. The second-order valence-electron chi connectivity index (χ2n) is 5.85. The first-order valence-corrected chi connectivity index (χ1v) is 8.44. The molecule has 0 saturated heterocycles. The van der Waals surface area contributed by atoms with Gasteiger partial charge in [-0.15, -0.1) is 0 Å². The van der Waals surface area contributed by atoms with Crippen molar-refractivity contribution in [1.29, 1.82) is 0 Å². The highest BCUT2D eigenvalue weighted by atomic mass is 16.5. The van der Waals surface area contributed by atoms with Gasteiger partial charge >= 0.3 is 0 Å². The number of nitrogens with zero attached hydrogens (tertiary/aromatic N) is 2. The van der Waals surface area contributed by atoms with Gasteiger partial charge in [0, 0.05) is 13.1 Å². The van der Waals surface area contributed by atoms with Crippen molar-refractivity contribution < 1.29 is 14.3 Å². The summed E-state index contributed by atoms with van der Waals surface area (Å²) in [5, 5.41) is 5.55. The Morgan fingerprint density at radius 2 is 1.73 bits per heavy atom. The second kappa shape index (κ2) is 9.53. The van der Waals surface area contributed by atoms with E-state index in [0.717, 1.165) is 6.54 Å². The van der Waals surface area contributed by atoms with E-state index in [1.165, 1.54) is 0 Å². The fourth-order valence-electron chi connectivity index (χ4n) is 2.21. The number of hydrogen-bond acceptors (Lipinski definition) is 5. The van der Waals surface area contributed by atoms with Gasteiger partial charge in [0.2, 0.25) is 0 Å². The van der Waals surface area contributed by atoms with Crippen LogP contribution in [0.2, 0.25) is 0 Å². The molecular formula is C19H24N4O3. The molecule has 0 unspecified atom stereocenters. The monoisotopic (exact) mass is 356 g/mol. The standard InChI is InChI=1S/C19H24N4O3/c1-4-26-17-11-6-5-8-14(17)22-19(25)16-10-7-9-15(21-16)18(24)20-12-13-23(2)3/h5-11H,4,12-13H2,1-3H3,(H,20,24)(H,22,25). The van der Waals surface area contributed by atoms with Crippen LogP contribution in [0.5, 0.6) is 5.75 Å². The molecule has 7 heteroatoms. The first-order valence-electron chi connectivity index (χ1n) is 8.44. The summed E-state index contributed by atoms with van der Waals surface area (Å²) >= 11 is 0. The van der Waals surface area contributed by atoms with Gasteiger partial charge in [0.25, 0.3) is 11.8 Å². The number of hydrogen-bond donors (Lipinski definition) is 2. The summed E-state index contributed by atoms with van der Waals surface area (Å²) in [6.45, 7) is 3.60. The molecule has 0 spiro atoms. The van der Waals surface area contributed by atoms with E-state index in [1.54, 1.807) is 36.4 Å². The lowest BCUT2D eigenvalue weighted by Gasteiger charge is -2.12. The number of aromatic nitrogens is 1. The third kappa shape index (κ3) is 5.56. The third-order valence-corrected chi connectivity index (χ3v) is 3.49. The lowest BCUT2D eigenvalue weighted by Crippen LogP contribution is -2.32. The van der Waals surface area contributed by atoms with E-state index in [1.807, 2.05) is 32.0 Å². The minimum Gasteiger partial charge on any atom is -0.492 e. The van der Waals surface area contributed by atoms with E-state index >= 15 is 0 Å². The van der Waals surface area contributed by atoms with Crippen molar-refractivity contribution >= 4 is 17.5 Å². The molecule has 1 aromatic heterocycles. The average Bonchev–Trinajstić information content (AvgIpc) is 2.63. The summed E-state index contributed by atoms with van der Waals surface area (Å²) in [5.41, 5.74) is 0.924. The van der Waals surface area contributed by atoms with E-state index < -0.39 is 5.91 Å². The van der Waals surface area contributed by atoms with Gasteiger partial charge in [-0.05, 0) is 45.3 Å². The molecule has 0 aliphatic carbocycles. The van der Waals surface area contributed by atoms with Crippen LogP contribution in [0, 0.1) is 0 Å². The molecule has 2 aromatic rings. The van der Waals surface area contributed by atoms with Crippen LogP contribution >= 0.6 is 0 Å². The summed E-state index contributed by atoms with van der Waals surface area (Å²) in [5.74, 6) is -0.128. The topological polar surface area (TPSA) is 83.6 Å². The van der Waals surface area contributed by atoms with Crippen molar-refractivity contribution in [2.45, 2.75) is 6.92 Å². The van der Waals surface area contributed by atoms with Gasteiger partial charge < -0.3 is 20.3 Å². The molecule has 1 heterocycles. The molecule has 0 aliphatic heterocycles. The largest absolute Gasteiger partial charge is 0.492 e. The van der Waals surface area contributed by atoms with Crippen molar-refractivity contribution in [3.05, 3.63) is 53.9 Å². The Morgan fingerprint density at radius 1 is 1.04 bits per heavy atom. The van der Waals surface area contributed by atoms with Crippen LogP contribution in [-0.4, -0.2) is 55.5 Å². The number of amides is 2. The zero-order valence-electron chi connectivity index (χ0n) is 15.3. The predicted octanol–water partition coefficient (Wildman–Crippen LogP) is 2.02. The highest BCUT2D eigenvalue weighted by Crippen LogP contribution is 2.24. The number of benzene rings is 1. The van der Waals surface area contributed by atoms with Crippen molar-refractivity contribution in [2.75, 3.05) is 39.1 Å². The number of carbonyl (C=O) groups is 2. The van der Waals surface area contributed by atoms with Gasteiger partial charge in [0.1, 0.15) is 17.1 Å². The number of anilines is 1. The predicted molar refractivity (Wildman–Crippen MR) is 101 cm³/mol. The molecule has 26 heavy (non-hydrogen) atoms. The Morgan fingerprint density at radius 3 is 2.42 bits per heavy atom. The van der Waals surface area contributed by atoms with Crippen molar-refractivity contribution in [1.82, 2.24) is 15.2 Å². The Balaban J connectivity index is 2.07. The maximum absolute atomic E-state index is 12.5. The van der Waals surface area contributed by atoms with Crippen molar-refractivity contribution in [3.8, 4) is 5.75 Å². The zero-order valence-corrected chi connectivity index (χ0v) is 15.3. The van der Waals surface area contributed by atoms with Crippen molar-refractivity contribution in [2.24, 2.45) is 0 Å². The van der Waals surface area contributed by atoms with Crippen molar-refractivity contribution in [3.63, 3.8) is 0 Å². The lowest BCUT2D eigenvalue weighted by molar-refractivity contribution is 0.0946. The summed E-state index contributed by atoms with van der Waals surface area (Å²) in [4.78, 5) is 30.8. The third-order valence-electron chi connectivity index (χ3n) is 3.49. The smallest absolute Gasteiger partial charge is 0.274 e. The summed E-state index contributed by atoms with van der Waals surface area (Å²) in [6.07, 6.45) is 0. The zero-order chi connectivity index (χ0) is 18.9. The fourth-order valence-corrected chi connectivity index (χ4v) is 2.21. The normalized spacial score (nSPS) is 10.5. The molecule has 0 saturated carbocycles. The van der Waals surface area contributed by atoms with Gasteiger partial charge in [-0.2, -0.15) is 0 Å². The first kappa shape index (κ1) is 19.4. The van der Waals surface area contributed by atoms with Gasteiger partial charge in [-0.25, -0.2) is 4.98 Å². The minimum absolute atomic E-state index is 0.163. The molecule has 0 fully saturated rings. The first-order chi connectivity index (χ1) is 12.5. The van der Waals surface area contributed by atoms with Crippen LogP contribution in [0.3, 0.4) is 0 Å². The van der Waals surface area contributed by atoms with E-state index in [0.29, 0.717) is 24.6 Å². The molecule has 1 aromatic carbocycles. The number of ether oxygens (including phenoxy) is 1.